The van der Waals surface area contributed by atoms with Gasteiger partial charge in [0.25, 0.3) is 0 Å². The number of hydrogen-bond acceptors (Lipinski definition) is 4. The Hall–Kier alpha value is -2.35. The number of rotatable bonds is 1. The van der Waals surface area contributed by atoms with Gasteiger partial charge in [-0.15, -0.1) is 0 Å². The number of aryl methyl sites for hydroxylation is 1. The summed E-state index contributed by atoms with van der Waals surface area (Å²) in [6, 6.07) is 9.09. The molecule has 1 aromatic carbocycles. The first-order valence-electron chi connectivity index (χ1n) is 7.58. The Bertz CT molecular complexity index is 936. The number of aromatic nitrogens is 3. The van der Waals surface area contributed by atoms with Crippen molar-refractivity contribution in [3.63, 3.8) is 0 Å². The Morgan fingerprint density at radius 2 is 2.00 bits per heavy atom. The largest absolute Gasteiger partial charge is 0.418 e. The van der Waals surface area contributed by atoms with Crippen molar-refractivity contribution in [1.29, 1.82) is 0 Å². The number of hydrogen-bond donors (Lipinski definition) is 1. The molecule has 8 heteroatoms. The van der Waals surface area contributed by atoms with E-state index in [-0.39, 0.29) is 13.0 Å². The van der Waals surface area contributed by atoms with Gasteiger partial charge in [-0.1, -0.05) is 12.1 Å². The number of aliphatic hydroxyl groups is 1. The summed E-state index contributed by atoms with van der Waals surface area (Å²) in [4.78, 5) is 6.00. The highest BCUT2D eigenvalue weighted by molar-refractivity contribution is 5.92. The van der Waals surface area contributed by atoms with Crippen molar-refractivity contribution in [1.82, 2.24) is 14.6 Å². The van der Waals surface area contributed by atoms with Gasteiger partial charge in [-0.25, -0.2) is 9.50 Å². The van der Waals surface area contributed by atoms with Gasteiger partial charge in [0.15, 0.2) is 11.2 Å². The third-order valence-electron chi connectivity index (χ3n) is 4.48. The number of benzene rings is 1. The summed E-state index contributed by atoms with van der Waals surface area (Å²) in [5, 5.41) is 15.0. The summed E-state index contributed by atoms with van der Waals surface area (Å²) in [7, 11) is 0. The maximum absolute atomic E-state index is 13.1. The van der Waals surface area contributed by atoms with Crippen LogP contribution >= 0.6 is 0 Å². The number of nitrogens with zero attached hydrogens (tertiary/aromatic N) is 4. The molecule has 1 fully saturated rings. The lowest BCUT2D eigenvalue weighted by Gasteiger charge is -2.26. The van der Waals surface area contributed by atoms with Crippen molar-refractivity contribution in [3.8, 4) is 0 Å². The Morgan fingerprint density at radius 3 is 2.71 bits per heavy atom. The smallest absolute Gasteiger partial charge is 0.379 e. The lowest BCUT2D eigenvalue weighted by molar-refractivity contribution is -0.250. The lowest BCUT2D eigenvalue weighted by Crippen LogP contribution is -2.47. The van der Waals surface area contributed by atoms with E-state index in [1.165, 1.54) is 4.90 Å². The van der Waals surface area contributed by atoms with Crippen molar-refractivity contribution in [3.05, 3.63) is 36.0 Å². The van der Waals surface area contributed by atoms with E-state index in [1.54, 1.807) is 16.6 Å². The average Bonchev–Trinajstić information content (AvgIpc) is 3.09. The van der Waals surface area contributed by atoms with Gasteiger partial charge in [-0.2, -0.15) is 18.3 Å². The summed E-state index contributed by atoms with van der Waals surface area (Å²) in [5.74, 6) is 0.443. The number of halogens is 3. The van der Waals surface area contributed by atoms with E-state index in [2.05, 4.69) is 10.1 Å². The number of anilines is 1. The number of para-hydroxylation sites is 1. The van der Waals surface area contributed by atoms with Gasteiger partial charge in [0.2, 0.25) is 0 Å². The molecular weight excluding hydrogens is 321 g/mol. The van der Waals surface area contributed by atoms with Crippen LogP contribution in [0.25, 0.3) is 16.6 Å². The van der Waals surface area contributed by atoms with Crippen molar-refractivity contribution in [2.45, 2.75) is 25.1 Å². The molecule has 3 aromatic rings. The molecule has 0 aliphatic carbocycles. The Balaban J connectivity index is 1.87. The number of β-amino-alcohol motifs (C(OH)–C–C–N with tert-alkyl or cyclic N) is 1. The van der Waals surface area contributed by atoms with Crippen molar-refractivity contribution in [2.24, 2.45) is 0 Å². The Kier molecular flexibility index (Phi) is 3.05. The zero-order valence-electron chi connectivity index (χ0n) is 12.9. The molecular formula is C16H15F3N4O. The van der Waals surface area contributed by atoms with E-state index in [9.17, 15) is 18.3 Å². The normalized spacial score (nSPS) is 22.0. The first-order chi connectivity index (χ1) is 11.3. The summed E-state index contributed by atoms with van der Waals surface area (Å²) in [6.45, 7) is 1.41. The quantitative estimate of drug-likeness (QED) is 0.742. The van der Waals surface area contributed by atoms with Crippen LogP contribution in [0.4, 0.5) is 19.0 Å². The van der Waals surface area contributed by atoms with Crippen LogP contribution < -0.4 is 4.90 Å². The highest BCUT2D eigenvalue weighted by atomic mass is 19.4. The molecule has 1 aliphatic rings. The van der Waals surface area contributed by atoms with Crippen LogP contribution in [0, 0.1) is 6.92 Å². The molecule has 1 saturated heterocycles. The zero-order valence-corrected chi connectivity index (χ0v) is 12.9. The SMILES string of the molecule is Cc1cc2nc(N3CC[C@@](O)(C(F)(F)F)C3)c3ccccc3n2n1. The third kappa shape index (κ3) is 2.13. The van der Waals surface area contributed by atoms with Crippen molar-refractivity contribution < 1.29 is 18.3 Å². The van der Waals surface area contributed by atoms with Gasteiger partial charge in [-0.3, -0.25) is 0 Å². The predicted octanol–water partition coefficient (Wildman–Crippen LogP) is 2.69. The molecule has 0 radical (unpaired) electrons. The summed E-state index contributed by atoms with van der Waals surface area (Å²) in [5.41, 5.74) is -0.576. The van der Waals surface area contributed by atoms with Crippen LogP contribution in [0.15, 0.2) is 30.3 Å². The molecule has 1 aliphatic heterocycles. The van der Waals surface area contributed by atoms with E-state index in [1.807, 2.05) is 25.1 Å². The topological polar surface area (TPSA) is 53.7 Å². The molecule has 1 N–H and O–H groups in total. The number of fused-ring (bicyclic) bond motifs is 3. The van der Waals surface area contributed by atoms with Crippen molar-refractivity contribution >= 4 is 22.4 Å². The molecule has 24 heavy (non-hydrogen) atoms. The second-order valence-corrected chi connectivity index (χ2v) is 6.21. The monoisotopic (exact) mass is 336 g/mol. The van der Waals surface area contributed by atoms with Gasteiger partial charge in [-0.05, 0) is 19.1 Å². The molecule has 0 unspecified atom stereocenters. The minimum Gasteiger partial charge on any atom is -0.379 e. The minimum atomic E-state index is -4.66. The van der Waals surface area contributed by atoms with E-state index < -0.39 is 18.3 Å². The maximum Gasteiger partial charge on any atom is 0.418 e. The summed E-state index contributed by atoms with van der Waals surface area (Å²) in [6.07, 6.45) is -5.02. The highest BCUT2D eigenvalue weighted by Gasteiger charge is 2.57. The highest BCUT2D eigenvalue weighted by Crippen LogP contribution is 2.40. The molecule has 2 aromatic heterocycles. The standard InChI is InChI=1S/C16H15F3N4O/c1-10-8-13-20-14(11-4-2-3-5-12(11)23(13)21-10)22-7-6-15(24,9-22)16(17,18)19/h2-5,8,24H,6-7,9H2,1H3/t15-/m0/s1. The van der Waals surface area contributed by atoms with Crippen LogP contribution in [0.3, 0.4) is 0 Å². The Labute approximate surface area is 135 Å². The van der Waals surface area contributed by atoms with Gasteiger partial charge in [0.05, 0.1) is 17.8 Å². The fourth-order valence-corrected chi connectivity index (χ4v) is 3.21. The molecule has 0 saturated carbocycles. The first-order valence-corrected chi connectivity index (χ1v) is 7.58. The summed E-state index contributed by atoms with van der Waals surface area (Å²) < 4.78 is 41.0. The first kappa shape index (κ1) is 15.2. The second kappa shape index (κ2) is 4.83. The van der Waals surface area contributed by atoms with Crippen LogP contribution in [0.2, 0.25) is 0 Å². The molecule has 4 rings (SSSR count). The Morgan fingerprint density at radius 1 is 1.25 bits per heavy atom. The molecule has 3 heterocycles. The second-order valence-electron chi connectivity index (χ2n) is 6.21. The van der Waals surface area contributed by atoms with Crippen LogP contribution in [0.5, 0.6) is 0 Å². The van der Waals surface area contributed by atoms with E-state index in [0.29, 0.717) is 16.9 Å². The predicted molar refractivity (Wildman–Crippen MR) is 83.1 cm³/mol. The zero-order chi connectivity index (χ0) is 17.1. The van der Waals surface area contributed by atoms with Gasteiger partial charge < -0.3 is 10.0 Å². The lowest BCUT2D eigenvalue weighted by atomic mass is 10.0. The molecule has 5 nitrogen and oxygen atoms in total. The van der Waals surface area contributed by atoms with Crippen LogP contribution in [-0.2, 0) is 0 Å². The molecule has 1 atom stereocenters. The van der Waals surface area contributed by atoms with Gasteiger partial charge in [0, 0.05) is 24.4 Å². The van der Waals surface area contributed by atoms with E-state index in [0.717, 1.165) is 11.2 Å². The maximum atomic E-state index is 13.1. The van der Waals surface area contributed by atoms with Crippen molar-refractivity contribution in [2.75, 3.05) is 18.0 Å². The molecule has 126 valence electrons. The van der Waals surface area contributed by atoms with Gasteiger partial charge in [0.1, 0.15) is 5.82 Å². The van der Waals surface area contributed by atoms with Gasteiger partial charge >= 0.3 is 6.18 Å². The average molecular weight is 336 g/mol. The van der Waals surface area contributed by atoms with Crippen LogP contribution in [-0.4, -0.2) is 44.6 Å². The number of alkyl halides is 3. The van der Waals surface area contributed by atoms with Crippen LogP contribution in [0.1, 0.15) is 12.1 Å². The molecule has 0 spiro atoms. The molecule has 0 bridgehead atoms. The molecule has 0 amide bonds. The minimum absolute atomic E-state index is 0.0935. The summed E-state index contributed by atoms with van der Waals surface area (Å²) >= 11 is 0. The third-order valence-corrected chi connectivity index (χ3v) is 4.48. The van der Waals surface area contributed by atoms with E-state index >= 15 is 0 Å². The fourth-order valence-electron chi connectivity index (χ4n) is 3.21. The fraction of sp³-hybridized carbons (Fsp3) is 0.375. The van der Waals surface area contributed by atoms with E-state index in [4.69, 9.17) is 0 Å².